The van der Waals surface area contributed by atoms with Crippen molar-refractivity contribution in [2.45, 2.75) is 19.0 Å². The molecule has 8 heteroatoms. The standard InChI is InChI=1S/C25H27ClN2O4S/c1-30-21-13-23(32-3)22(31-2)12-19(21)25(29)27-14-20(16-4-6-18(26)7-5-16)28-10-8-24-17(15-28)9-11-33-24/h4-7,9,11-13,20H,8,10,14-15H2,1-3H3,(H,27,29). The molecule has 1 amide bonds. The van der Waals surface area contributed by atoms with Crippen LogP contribution in [-0.2, 0) is 13.0 Å². The van der Waals surface area contributed by atoms with Crippen LogP contribution >= 0.6 is 22.9 Å². The molecule has 1 N–H and O–H groups in total. The van der Waals surface area contributed by atoms with Crippen LogP contribution in [0.2, 0.25) is 5.02 Å². The van der Waals surface area contributed by atoms with Gasteiger partial charge in [0.1, 0.15) is 5.75 Å². The number of amides is 1. The molecule has 0 bridgehead atoms. The number of carbonyl (C=O) groups is 1. The second-order valence-corrected chi connectivity index (χ2v) is 9.21. The summed E-state index contributed by atoms with van der Waals surface area (Å²) in [4.78, 5) is 17.0. The van der Waals surface area contributed by atoms with Crippen LogP contribution in [-0.4, -0.2) is 45.2 Å². The van der Waals surface area contributed by atoms with Crippen molar-refractivity contribution < 1.29 is 19.0 Å². The van der Waals surface area contributed by atoms with Crippen molar-refractivity contribution in [3.8, 4) is 17.2 Å². The summed E-state index contributed by atoms with van der Waals surface area (Å²) in [6.45, 7) is 2.22. The van der Waals surface area contributed by atoms with E-state index < -0.39 is 0 Å². The average Bonchev–Trinajstić information content (AvgIpc) is 3.32. The number of benzene rings is 2. The highest BCUT2D eigenvalue weighted by molar-refractivity contribution is 7.10. The molecular formula is C25H27ClN2O4S. The Morgan fingerprint density at radius 2 is 1.76 bits per heavy atom. The number of hydrogen-bond acceptors (Lipinski definition) is 6. The summed E-state index contributed by atoms with van der Waals surface area (Å²) in [7, 11) is 4.61. The van der Waals surface area contributed by atoms with E-state index >= 15 is 0 Å². The Balaban J connectivity index is 1.57. The lowest BCUT2D eigenvalue weighted by Crippen LogP contribution is -2.40. The topological polar surface area (TPSA) is 60.0 Å². The SMILES string of the molecule is COc1cc(OC)c(C(=O)NCC(c2ccc(Cl)cc2)N2CCc3sccc3C2)cc1OC. The summed E-state index contributed by atoms with van der Waals surface area (Å²) in [5, 5.41) is 5.94. The van der Waals surface area contributed by atoms with E-state index in [1.54, 1.807) is 19.2 Å². The van der Waals surface area contributed by atoms with Crippen molar-refractivity contribution in [2.75, 3.05) is 34.4 Å². The van der Waals surface area contributed by atoms with Gasteiger partial charge in [0.2, 0.25) is 0 Å². The maximum Gasteiger partial charge on any atom is 0.255 e. The molecule has 6 nitrogen and oxygen atoms in total. The number of nitrogens with one attached hydrogen (secondary N) is 1. The molecule has 1 atom stereocenters. The second kappa shape index (κ2) is 10.5. The molecule has 1 aliphatic rings. The van der Waals surface area contributed by atoms with Crippen molar-refractivity contribution in [1.29, 1.82) is 0 Å². The largest absolute Gasteiger partial charge is 0.496 e. The zero-order chi connectivity index (χ0) is 23.4. The molecule has 33 heavy (non-hydrogen) atoms. The highest BCUT2D eigenvalue weighted by Gasteiger charge is 2.27. The van der Waals surface area contributed by atoms with Crippen molar-refractivity contribution in [3.05, 3.63) is 74.4 Å². The van der Waals surface area contributed by atoms with E-state index in [0.717, 1.165) is 25.1 Å². The number of methoxy groups -OCH3 is 3. The van der Waals surface area contributed by atoms with Crippen molar-refractivity contribution in [1.82, 2.24) is 10.2 Å². The number of thiophene rings is 1. The Morgan fingerprint density at radius 3 is 2.45 bits per heavy atom. The number of ether oxygens (including phenoxy) is 3. The molecule has 0 saturated carbocycles. The van der Waals surface area contributed by atoms with Crippen LogP contribution < -0.4 is 19.5 Å². The minimum absolute atomic E-state index is 0.00501. The minimum atomic E-state index is -0.236. The van der Waals surface area contributed by atoms with Gasteiger partial charge in [-0.15, -0.1) is 11.3 Å². The van der Waals surface area contributed by atoms with Gasteiger partial charge in [0, 0.05) is 41.7 Å². The highest BCUT2D eigenvalue weighted by atomic mass is 35.5. The Bertz CT molecular complexity index is 1120. The van der Waals surface area contributed by atoms with Gasteiger partial charge in [-0.2, -0.15) is 0 Å². The van der Waals surface area contributed by atoms with Crippen LogP contribution in [0.4, 0.5) is 0 Å². The number of carbonyl (C=O) groups excluding carboxylic acids is 1. The minimum Gasteiger partial charge on any atom is -0.496 e. The maximum atomic E-state index is 13.2. The van der Waals surface area contributed by atoms with E-state index in [1.807, 2.05) is 35.6 Å². The molecule has 2 aromatic carbocycles. The molecule has 1 aromatic heterocycles. The number of nitrogens with zero attached hydrogens (tertiary/aromatic N) is 1. The second-order valence-electron chi connectivity index (χ2n) is 7.77. The van der Waals surface area contributed by atoms with Crippen LogP contribution in [0.5, 0.6) is 17.2 Å². The van der Waals surface area contributed by atoms with Gasteiger partial charge >= 0.3 is 0 Å². The Morgan fingerprint density at radius 1 is 1.06 bits per heavy atom. The molecule has 1 unspecified atom stereocenters. The smallest absolute Gasteiger partial charge is 0.255 e. The number of rotatable bonds is 8. The van der Waals surface area contributed by atoms with Gasteiger partial charge in [-0.1, -0.05) is 23.7 Å². The predicted octanol–water partition coefficient (Wildman–Crippen LogP) is 4.96. The first-order valence-corrected chi connectivity index (χ1v) is 11.9. The van der Waals surface area contributed by atoms with E-state index in [0.29, 0.717) is 34.4 Å². The third kappa shape index (κ3) is 5.11. The van der Waals surface area contributed by atoms with Gasteiger partial charge in [-0.05, 0) is 41.1 Å². The Labute approximate surface area is 203 Å². The molecule has 1 aliphatic heterocycles. The highest BCUT2D eigenvalue weighted by Crippen LogP contribution is 2.35. The van der Waals surface area contributed by atoms with Crippen molar-refractivity contribution in [2.24, 2.45) is 0 Å². The van der Waals surface area contributed by atoms with E-state index in [2.05, 4.69) is 21.7 Å². The lowest BCUT2D eigenvalue weighted by atomic mass is 10.0. The number of halogens is 1. The molecule has 174 valence electrons. The predicted molar refractivity (Wildman–Crippen MR) is 131 cm³/mol. The molecule has 0 spiro atoms. The van der Waals surface area contributed by atoms with Crippen LogP contribution in [0, 0.1) is 0 Å². The van der Waals surface area contributed by atoms with E-state index in [4.69, 9.17) is 25.8 Å². The monoisotopic (exact) mass is 486 g/mol. The quantitative estimate of drug-likeness (QED) is 0.488. The van der Waals surface area contributed by atoms with Crippen molar-refractivity contribution in [3.63, 3.8) is 0 Å². The molecule has 0 saturated heterocycles. The van der Waals surface area contributed by atoms with Crippen LogP contribution in [0.3, 0.4) is 0 Å². The van der Waals surface area contributed by atoms with Crippen LogP contribution in [0.1, 0.15) is 32.4 Å². The summed E-state index contributed by atoms with van der Waals surface area (Å²) < 4.78 is 16.1. The van der Waals surface area contributed by atoms with Gasteiger partial charge in [-0.3, -0.25) is 9.69 Å². The lowest BCUT2D eigenvalue weighted by molar-refractivity contribution is 0.0924. The van der Waals surface area contributed by atoms with Gasteiger partial charge in [-0.25, -0.2) is 0 Å². The Kier molecular flexibility index (Phi) is 7.42. The fourth-order valence-electron chi connectivity index (χ4n) is 4.17. The summed E-state index contributed by atoms with van der Waals surface area (Å²) in [5.41, 5.74) is 2.86. The zero-order valence-corrected chi connectivity index (χ0v) is 20.5. The molecule has 3 aromatic rings. The lowest BCUT2D eigenvalue weighted by Gasteiger charge is -2.35. The number of hydrogen-bond donors (Lipinski definition) is 1. The third-order valence-corrected chi connectivity index (χ3v) is 7.21. The molecular weight excluding hydrogens is 460 g/mol. The summed E-state index contributed by atoms with van der Waals surface area (Å²) >= 11 is 7.94. The van der Waals surface area contributed by atoms with Gasteiger partial charge < -0.3 is 19.5 Å². The fraction of sp³-hybridized carbons (Fsp3) is 0.320. The van der Waals surface area contributed by atoms with Crippen LogP contribution in [0.25, 0.3) is 0 Å². The molecule has 0 fully saturated rings. The normalized spacial score (nSPS) is 14.3. The van der Waals surface area contributed by atoms with Gasteiger partial charge in [0.05, 0.1) is 32.9 Å². The molecule has 0 aliphatic carbocycles. The Hall–Kier alpha value is -2.74. The van der Waals surface area contributed by atoms with E-state index in [9.17, 15) is 4.79 Å². The van der Waals surface area contributed by atoms with Crippen LogP contribution in [0.15, 0.2) is 47.8 Å². The average molecular weight is 487 g/mol. The first kappa shape index (κ1) is 23.4. The zero-order valence-electron chi connectivity index (χ0n) is 18.9. The molecule has 4 rings (SSSR count). The molecule has 0 radical (unpaired) electrons. The summed E-state index contributed by atoms with van der Waals surface area (Å²) in [6.07, 6.45) is 1.01. The molecule has 2 heterocycles. The fourth-order valence-corrected chi connectivity index (χ4v) is 5.19. The van der Waals surface area contributed by atoms with Crippen molar-refractivity contribution >= 4 is 28.8 Å². The first-order chi connectivity index (χ1) is 16.0. The third-order valence-electron chi connectivity index (χ3n) is 5.94. The van der Waals surface area contributed by atoms with E-state index in [-0.39, 0.29) is 11.9 Å². The van der Waals surface area contributed by atoms with Gasteiger partial charge in [0.25, 0.3) is 5.91 Å². The van der Waals surface area contributed by atoms with E-state index in [1.165, 1.54) is 24.7 Å². The maximum absolute atomic E-state index is 13.2. The summed E-state index contributed by atoms with van der Waals surface area (Å²) in [5.74, 6) is 1.16. The summed E-state index contributed by atoms with van der Waals surface area (Å²) in [6, 6.07) is 13.3. The first-order valence-electron chi connectivity index (χ1n) is 10.7. The van der Waals surface area contributed by atoms with Gasteiger partial charge in [0.15, 0.2) is 11.5 Å². The number of fused-ring (bicyclic) bond motifs is 1.